The van der Waals surface area contributed by atoms with Gasteiger partial charge in [-0.2, -0.15) is 0 Å². The Balaban J connectivity index is 1.98. The van der Waals surface area contributed by atoms with Crippen LogP contribution in [0.5, 0.6) is 11.5 Å². The Labute approximate surface area is 147 Å². The molecule has 0 atom stereocenters. The molecule has 1 aromatic heterocycles. The van der Waals surface area contributed by atoms with E-state index in [1.54, 1.807) is 16.7 Å². The van der Waals surface area contributed by atoms with E-state index in [0.29, 0.717) is 39.3 Å². The first-order valence-electron chi connectivity index (χ1n) is 8.34. The van der Waals surface area contributed by atoms with Gasteiger partial charge in [0, 0.05) is 22.6 Å². The molecular formula is C20H14FNO4. The van der Waals surface area contributed by atoms with Gasteiger partial charge in [0.25, 0.3) is 5.56 Å². The number of carbonyl (C=O) groups excluding carboxylic acids is 1. The lowest BCUT2D eigenvalue weighted by atomic mass is 10.0. The molecule has 0 saturated heterocycles. The number of rotatable bonds is 1. The van der Waals surface area contributed by atoms with Crippen molar-refractivity contribution in [2.24, 2.45) is 0 Å². The molecule has 3 aromatic rings. The number of halogens is 1. The summed E-state index contributed by atoms with van der Waals surface area (Å²) in [6.45, 7) is 3.83. The van der Waals surface area contributed by atoms with Gasteiger partial charge < -0.3 is 14.0 Å². The van der Waals surface area contributed by atoms with Crippen LogP contribution < -0.4 is 15.0 Å². The third-order valence-electron chi connectivity index (χ3n) is 4.93. The smallest absolute Gasteiger partial charge is 0.259 e. The first kappa shape index (κ1) is 15.1. The van der Waals surface area contributed by atoms with Gasteiger partial charge in [-0.1, -0.05) is 6.07 Å². The van der Waals surface area contributed by atoms with Gasteiger partial charge in [0.15, 0.2) is 17.3 Å². The second-order valence-electron chi connectivity index (χ2n) is 6.76. The van der Waals surface area contributed by atoms with E-state index in [1.165, 1.54) is 18.2 Å². The highest BCUT2D eigenvalue weighted by Gasteiger charge is 2.35. The number of pyridine rings is 1. The fourth-order valence-electron chi connectivity index (χ4n) is 3.84. The third kappa shape index (κ3) is 1.78. The number of nitrogens with zero attached hydrogens (tertiary/aromatic N) is 1. The second-order valence-corrected chi connectivity index (χ2v) is 6.76. The Morgan fingerprint density at radius 1 is 1.00 bits per heavy atom. The van der Waals surface area contributed by atoms with Crippen LogP contribution in [-0.2, 0) is 0 Å². The van der Waals surface area contributed by atoms with Gasteiger partial charge in [-0.25, -0.2) is 4.39 Å². The summed E-state index contributed by atoms with van der Waals surface area (Å²) in [5.74, 6) is 0.359. The SMILES string of the molecule is CC(C)n1c2c(c3ccc(F)cc3c1=O)C(=O)c1cc3c(cc1-2)OCO3. The highest BCUT2D eigenvalue weighted by Crippen LogP contribution is 2.46. The number of ether oxygens (including phenoxy) is 2. The maximum Gasteiger partial charge on any atom is 0.259 e. The molecule has 2 aliphatic rings. The molecule has 0 N–H and O–H groups in total. The minimum atomic E-state index is -0.506. The lowest BCUT2D eigenvalue weighted by molar-refractivity contribution is 0.104. The van der Waals surface area contributed by atoms with Crippen molar-refractivity contribution in [1.82, 2.24) is 4.57 Å². The summed E-state index contributed by atoms with van der Waals surface area (Å²) in [7, 11) is 0. The molecule has 2 heterocycles. The molecular weight excluding hydrogens is 337 g/mol. The summed E-state index contributed by atoms with van der Waals surface area (Å²) in [5, 5.41) is 0.671. The van der Waals surface area contributed by atoms with Crippen molar-refractivity contribution >= 4 is 16.6 Å². The molecule has 0 fully saturated rings. The van der Waals surface area contributed by atoms with Crippen LogP contribution in [0, 0.1) is 5.82 Å². The Morgan fingerprint density at radius 2 is 1.69 bits per heavy atom. The fraction of sp³-hybridized carbons (Fsp3) is 0.200. The van der Waals surface area contributed by atoms with E-state index in [2.05, 4.69) is 0 Å². The van der Waals surface area contributed by atoms with Crippen molar-refractivity contribution in [3.63, 3.8) is 0 Å². The lowest BCUT2D eigenvalue weighted by Gasteiger charge is -2.18. The molecule has 130 valence electrons. The summed E-state index contributed by atoms with van der Waals surface area (Å²) in [6, 6.07) is 7.16. The Hall–Kier alpha value is -3.15. The lowest BCUT2D eigenvalue weighted by Crippen LogP contribution is -2.25. The summed E-state index contributed by atoms with van der Waals surface area (Å²) in [5.41, 5.74) is 1.78. The Kier molecular flexibility index (Phi) is 2.88. The van der Waals surface area contributed by atoms with Crippen molar-refractivity contribution in [3.8, 4) is 22.8 Å². The van der Waals surface area contributed by atoms with Crippen LogP contribution in [0.15, 0.2) is 35.1 Å². The topological polar surface area (TPSA) is 57.5 Å². The molecule has 1 aliphatic carbocycles. The highest BCUT2D eigenvalue weighted by atomic mass is 19.1. The predicted octanol–water partition coefficient (Wildman–Crippen LogP) is 3.66. The molecule has 5 nitrogen and oxygen atoms in total. The van der Waals surface area contributed by atoms with Gasteiger partial charge in [-0.05, 0) is 38.1 Å². The summed E-state index contributed by atoms with van der Waals surface area (Å²) in [6.07, 6.45) is 0. The van der Waals surface area contributed by atoms with E-state index in [0.717, 1.165) is 0 Å². The largest absolute Gasteiger partial charge is 0.454 e. The van der Waals surface area contributed by atoms with Gasteiger partial charge in [-0.15, -0.1) is 0 Å². The summed E-state index contributed by atoms with van der Waals surface area (Å²) >= 11 is 0. The second kappa shape index (κ2) is 4.94. The number of fused-ring (bicyclic) bond motifs is 6. The standard InChI is InChI=1S/C20H14FNO4/c1-9(2)22-18-12-6-15-16(26-8-25-15)7-13(12)19(23)17(18)11-4-3-10(21)5-14(11)20(22)24/h3-7,9H,8H2,1-2H3. The van der Waals surface area contributed by atoms with Crippen LogP contribution in [0.2, 0.25) is 0 Å². The molecule has 0 unspecified atom stereocenters. The maximum atomic E-state index is 13.8. The van der Waals surface area contributed by atoms with Crippen molar-refractivity contribution in [2.75, 3.05) is 6.79 Å². The molecule has 0 bridgehead atoms. The molecule has 26 heavy (non-hydrogen) atoms. The highest BCUT2D eigenvalue weighted by molar-refractivity contribution is 6.27. The van der Waals surface area contributed by atoms with Crippen molar-refractivity contribution in [3.05, 3.63) is 57.6 Å². The predicted molar refractivity (Wildman–Crippen MR) is 93.5 cm³/mol. The van der Waals surface area contributed by atoms with Crippen molar-refractivity contribution in [2.45, 2.75) is 19.9 Å². The van der Waals surface area contributed by atoms with Gasteiger partial charge in [0.05, 0.1) is 16.6 Å². The van der Waals surface area contributed by atoms with Crippen molar-refractivity contribution < 1.29 is 18.7 Å². The van der Waals surface area contributed by atoms with Gasteiger partial charge in [0.1, 0.15) is 5.82 Å². The molecule has 0 amide bonds. The molecule has 2 aromatic carbocycles. The van der Waals surface area contributed by atoms with E-state index in [9.17, 15) is 14.0 Å². The minimum Gasteiger partial charge on any atom is -0.454 e. The quantitative estimate of drug-likeness (QED) is 0.525. The molecule has 0 radical (unpaired) electrons. The number of ketones is 1. The van der Waals surface area contributed by atoms with Crippen LogP contribution in [0.25, 0.3) is 22.0 Å². The summed E-state index contributed by atoms with van der Waals surface area (Å²) < 4.78 is 26.1. The number of aromatic nitrogens is 1. The Morgan fingerprint density at radius 3 is 2.38 bits per heavy atom. The monoisotopic (exact) mass is 351 g/mol. The number of carbonyl (C=O) groups is 1. The molecule has 6 heteroatoms. The van der Waals surface area contributed by atoms with E-state index in [1.807, 2.05) is 13.8 Å². The number of benzene rings is 2. The van der Waals surface area contributed by atoms with E-state index in [4.69, 9.17) is 9.47 Å². The summed E-state index contributed by atoms with van der Waals surface area (Å²) in [4.78, 5) is 26.2. The maximum absolute atomic E-state index is 13.8. The van der Waals surface area contributed by atoms with E-state index >= 15 is 0 Å². The zero-order valence-electron chi connectivity index (χ0n) is 14.1. The third-order valence-corrected chi connectivity index (χ3v) is 4.93. The van der Waals surface area contributed by atoms with Crippen LogP contribution in [0.1, 0.15) is 35.8 Å². The first-order chi connectivity index (χ1) is 12.5. The van der Waals surface area contributed by atoms with Crippen LogP contribution in [0.3, 0.4) is 0 Å². The first-order valence-corrected chi connectivity index (χ1v) is 8.34. The fourth-order valence-corrected chi connectivity index (χ4v) is 3.84. The van der Waals surface area contributed by atoms with E-state index < -0.39 is 5.82 Å². The molecule has 0 saturated carbocycles. The van der Waals surface area contributed by atoms with Crippen molar-refractivity contribution in [1.29, 1.82) is 0 Å². The molecule has 5 rings (SSSR count). The van der Waals surface area contributed by atoms with Crippen LogP contribution in [-0.4, -0.2) is 17.1 Å². The van der Waals surface area contributed by atoms with Gasteiger partial charge >= 0.3 is 0 Å². The van der Waals surface area contributed by atoms with E-state index in [-0.39, 0.29) is 29.6 Å². The normalized spacial score (nSPS) is 14.2. The zero-order chi connectivity index (χ0) is 18.2. The molecule has 1 aliphatic heterocycles. The van der Waals surface area contributed by atoms with Gasteiger partial charge in [0.2, 0.25) is 6.79 Å². The van der Waals surface area contributed by atoms with Gasteiger partial charge in [-0.3, -0.25) is 9.59 Å². The van der Waals surface area contributed by atoms with Crippen LogP contribution >= 0.6 is 0 Å². The number of hydrogen-bond donors (Lipinski definition) is 0. The average molecular weight is 351 g/mol. The minimum absolute atomic E-state index is 0.104. The average Bonchev–Trinajstić information content (AvgIpc) is 3.17. The van der Waals surface area contributed by atoms with Crippen LogP contribution in [0.4, 0.5) is 4.39 Å². The molecule has 0 spiro atoms. The zero-order valence-corrected chi connectivity index (χ0v) is 14.1. The Bertz CT molecular complexity index is 1190. The number of hydrogen-bond acceptors (Lipinski definition) is 4.